The maximum absolute atomic E-state index is 12.4. The Kier molecular flexibility index (Phi) is 6.28. The molecule has 23 heavy (non-hydrogen) atoms. The van der Waals surface area contributed by atoms with Gasteiger partial charge >= 0.3 is 0 Å². The number of nitro groups is 1. The zero-order valence-electron chi connectivity index (χ0n) is 14.5. The third-order valence-corrected chi connectivity index (χ3v) is 5.27. The van der Waals surface area contributed by atoms with Crippen LogP contribution < -0.4 is 4.72 Å². The van der Waals surface area contributed by atoms with Crippen LogP contribution in [0.4, 0.5) is 5.69 Å². The second-order valence-corrected chi connectivity index (χ2v) is 14.0. The normalized spacial score (nSPS) is 14.5. The second-order valence-electron chi connectivity index (χ2n) is 7.30. The van der Waals surface area contributed by atoms with Gasteiger partial charge in [0.1, 0.15) is 14.1 Å². The summed E-state index contributed by atoms with van der Waals surface area (Å²) in [7, 11) is -2.87. The van der Waals surface area contributed by atoms with Crippen molar-refractivity contribution in [1.29, 1.82) is 0 Å². The number of non-ortho nitro benzene ring substituents is 1. The molecule has 0 aliphatic heterocycles. The van der Waals surface area contributed by atoms with Crippen LogP contribution in [0.2, 0.25) is 19.6 Å². The summed E-state index contributed by atoms with van der Waals surface area (Å²) in [6.07, 6.45) is 0. The summed E-state index contributed by atoms with van der Waals surface area (Å²) in [5.74, 6) is 3.17. The molecule has 0 aliphatic rings. The quantitative estimate of drug-likeness (QED) is 0.390. The molecule has 1 aromatic carbocycles. The molecule has 0 aliphatic carbocycles. The highest BCUT2D eigenvalue weighted by Crippen LogP contribution is 2.20. The van der Waals surface area contributed by atoms with Gasteiger partial charge in [0, 0.05) is 12.1 Å². The highest BCUT2D eigenvalue weighted by Gasteiger charge is 2.23. The topological polar surface area (TPSA) is 72.2 Å². The molecule has 1 rings (SSSR count). The van der Waals surface area contributed by atoms with Crippen molar-refractivity contribution in [2.75, 3.05) is 0 Å². The summed E-state index contributed by atoms with van der Waals surface area (Å²) in [5.41, 5.74) is 4.08. The van der Waals surface area contributed by atoms with Crippen molar-refractivity contribution >= 4 is 24.7 Å². The third-order valence-electron chi connectivity index (χ3n) is 2.81. The lowest BCUT2D eigenvalue weighted by atomic mass is 10.1. The van der Waals surface area contributed by atoms with Crippen LogP contribution >= 0.6 is 0 Å². The Morgan fingerprint density at radius 3 is 2.13 bits per heavy atom. The first kappa shape index (κ1) is 19.6. The minimum atomic E-state index is -1.59. The van der Waals surface area contributed by atoms with Crippen LogP contribution in [-0.2, 0) is 11.0 Å². The van der Waals surface area contributed by atoms with Gasteiger partial charge in [-0.25, -0.2) is 8.93 Å². The molecule has 0 bridgehead atoms. The zero-order chi connectivity index (χ0) is 17.8. The summed E-state index contributed by atoms with van der Waals surface area (Å²) < 4.78 is 15.0. The van der Waals surface area contributed by atoms with E-state index in [1.165, 1.54) is 12.1 Å². The van der Waals surface area contributed by atoms with Crippen LogP contribution in [0.5, 0.6) is 0 Å². The molecule has 0 aromatic heterocycles. The lowest BCUT2D eigenvalue weighted by Gasteiger charge is -2.22. The number of nitrogens with zero attached hydrogens (tertiary/aromatic N) is 1. The zero-order valence-corrected chi connectivity index (χ0v) is 16.3. The number of hydrogen-bond acceptors (Lipinski definition) is 3. The van der Waals surface area contributed by atoms with E-state index in [2.05, 4.69) is 35.8 Å². The van der Waals surface area contributed by atoms with Gasteiger partial charge in [-0.15, -0.1) is 5.54 Å². The summed E-state index contributed by atoms with van der Waals surface area (Å²) >= 11 is 0. The average molecular weight is 353 g/mol. The van der Waals surface area contributed by atoms with Gasteiger partial charge in [0.2, 0.25) is 0 Å². The molecule has 2 atom stereocenters. The van der Waals surface area contributed by atoms with E-state index in [-0.39, 0.29) is 5.69 Å². The third kappa shape index (κ3) is 6.65. The standard InChI is InChI=1S/C16H24N2O3SSi/c1-16(2,3)22(21)17-15(11-12-23(4,5)6)13-7-9-14(10-8-13)18(19)20/h7-10,15,17H,1-6H3/t15-,22+/m0/s1. The molecule has 1 N–H and O–H groups in total. The van der Waals surface area contributed by atoms with Crippen LogP contribution in [0.25, 0.3) is 0 Å². The molecule has 0 saturated carbocycles. The fraction of sp³-hybridized carbons (Fsp3) is 0.500. The smallest absolute Gasteiger partial charge is 0.258 e. The van der Waals surface area contributed by atoms with Crippen molar-refractivity contribution in [2.45, 2.75) is 51.2 Å². The first-order chi connectivity index (χ1) is 10.4. The average Bonchev–Trinajstić information content (AvgIpc) is 2.41. The van der Waals surface area contributed by atoms with E-state index >= 15 is 0 Å². The Hall–Kier alpha value is -1.49. The molecule has 1 aromatic rings. The molecule has 7 heteroatoms. The Labute approximate surface area is 141 Å². The first-order valence-electron chi connectivity index (χ1n) is 7.35. The fourth-order valence-electron chi connectivity index (χ4n) is 1.54. The highest BCUT2D eigenvalue weighted by molar-refractivity contribution is 7.84. The summed E-state index contributed by atoms with van der Waals surface area (Å²) in [5, 5.41) is 10.8. The molecule has 0 unspecified atom stereocenters. The molecule has 0 heterocycles. The molecule has 0 radical (unpaired) electrons. The van der Waals surface area contributed by atoms with Crippen LogP contribution in [0.3, 0.4) is 0 Å². The van der Waals surface area contributed by atoms with Crippen LogP contribution in [-0.4, -0.2) is 22.0 Å². The van der Waals surface area contributed by atoms with Crippen molar-refractivity contribution < 1.29 is 9.13 Å². The Balaban J connectivity index is 3.15. The van der Waals surface area contributed by atoms with Crippen molar-refractivity contribution in [3.8, 4) is 11.5 Å². The van der Waals surface area contributed by atoms with E-state index in [0.29, 0.717) is 0 Å². The van der Waals surface area contributed by atoms with Crippen LogP contribution in [0.1, 0.15) is 32.4 Å². The van der Waals surface area contributed by atoms with E-state index in [4.69, 9.17) is 0 Å². The maximum atomic E-state index is 12.4. The Morgan fingerprint density at radius 1 is 1.22 bits per heavy atom. The van der Waals surface area contributed by atoms with E-state index in [1.807, 2.05) is 20.8 Å². The molecule has 126 valence electrons. The van der Waals surface area contributed by atoms with E-state index in [1.54, 1.807) is 12.1 Å². The van der Waals surface area contributed by atoms with Gasteiger partial charge in [0.25, 0.3) is 5.69 Å². The lowest BCUT2D eigenvalue weighted by molar-refractivity contribution is -0.384. The maximum Gasteiger partial charge on any atom is 0.269 e. The summed E-state index contributed by atoms with van der Waals surface area (Å²) in [6.45, 7) is 12.0. The van der Waals surface area contributed by atoms with Crippen molar-refractivity contribution in [1.82, 2.24) is 4.72 Å². The van der Waals surface area contributed by atoms with Crippen LogP contribution in [0.15, 0.2) is 24.3 Å². The van der Waals surface area contributed by atoms with E-state index in [0.717, 1.165) is 5.56 Å². The fourth-order valence-corrected chi connectivity index (χ4v) is 2.88. The predicted octanol–water partition coefficient (Wildman–Crippen LogP) is 3.57. The minimum absolute atomic E-state index is 0.0302. The monoisotopic (exact) mass is 352 g/mol. The summed E-state index contributed by atoms with van der Waals surface area (Å²) in [6, 6.07) is 5.80. The van der Waals surface area contributed by atoms with Gasteiger partial charge in [0.15, 0.2) is 0 Å². The van der Waals surface area contributed by atoms with Gasteiger partial charge in [-0.3, -0.25) is 10.1 Å². The molecule has 0 fully saturated rings. The Bertz CT molecular complexity index is 649. The molecular formula is C16H24N2O3SSi. The van der Waals surface area contributed by atoms with Crippen molar-refractivity contribution in [3.05, 3.63) is 39.9 Å². The first-order valence-corrected chi connectivity index (χ1v) is 12.0. The SMILES string of the molecule is CC(C)(C)[S@@](=O)N[C@@H](C#C[Si](C)(C)C)c1ccc([N+](=O)[O-])cc1. The van der Waals surface area contributed by atoms with E-state index in [9.17, 15) is 14.3 Å². The summed E-state index contributed by atoms with van der Waals surface area (Å²) in [4.78, 5) is 10.3. The van der Waals surface area contributed by atoms with E-state index < -0.39 is 34.8 Å². The Morgan fingerprint density at radius 2 is 1.74 bits per heavy atom. The van der Waals surface area contributed by atoms with Gasteiger partial charge in [-0.2, -0.15) is 0 Å². The van der Waals surface area contributed by atoms with Crippen molar-refractivity contribution in [3.63, 3.8) is 0 Å². The number of benzene rings is 1. The van der Waals surface area contributed by atoms with Crippen molar-refractivity contribution in [2.24, 2.45) is 0 Å². The lowest BCUT2D eigenvalue weighted by Crippen LogP contribution is -2.35. The highest BCUT2D eigenvalue weighted by atomic mass is 32.2. The van der Waals surface area contributed by atoms with Gasteiger partial charge in [0.05, 0.1) is 20.7 Å². The van der Waals surface area contributed by atoms with Gasteiger partial charge in [-0.1, -0.05) is 25.6 Å². The largest absolute Gasteiger partial charge is 0.269 e. The number of nitro benzene ring substituents is 1. The van der Waals surface area contributed by atoms with Crippen LogP contribution in [0, 0.1) is 21.6 Å². The van der Waals surface area contributed by atoms with Gasteiger partial charge < -0.3 is 0 Å². The second kappa shape index (κ2) is 7.38. The molecule has 0 amide bonds. The van der Waals surface area contributed by atoms with Gasteiger partial charge in [-0.05, 0) is 38.5 Å². The molecule has 0 spiro atoms. The number of rotatable bonds is 4. The minimum Gasteiger partial charge on any atom is -0.258 e. The molecular weight excluding hydrogens is 328 g/mol. The predicted molar refractivity (Wildman–Crippen MR) is 98.0 cm³/mol. The molecule has 5 nitrogen and oxygen atoms in total. The number of nitrogens with one attached hydrogen (secondary N) is 1. The molecule has 0 saturated heterocycles. The number of hydrogen-bond donors (Lipinski definition) is 1.